The van der Waals surface area contributed by atoms with Gasteiger partial charge in [0.15, 0.2) is 22.5 Å². The molecule has 0 aliphatic carbocycles. The van der Waals surface area contributed by atoms with Gasteiger partial charge in [-0.25, -0.2) is 4.98 Å². The molecule has 1 aromatic carbocycles. The molecule has 9 heteroatoms. The number of fused-ring (bicyclic) bond motifs is 1. The van der Waals surface area contributed by atoms with Gasteiger partial charge in [-0.15, -0.1) is 11.3 Å². The summed E-state index contributed by atoms with van der Waals surface area (Å²) >= 11 is 1.44. The van der Waals surface area contributed by atoms with Crippen LogP contribution in [0, 0.1) is 6.92 Å². The Labute approximate surface area is 172 Å². The Morgan fingerprint density at radius 3 is 2.76 bits per heavy atom. The number of aromatic nitrogens is 3. The fourth-order valence-electron chi connectivity index (χ4n) is 2.91. The van der Waals surface area contributed by atoms with Crippen molar-refractivity contribution in [3.05, 3.63) is 34.8 Å². The largest absolute Gasteiger partial charge is 0.486 e. The molecule has 0 radical (unpaired) electrons. The summed E-state index contributed by atoms with van der Waals surface area (Å²) in [5.41, 5.74) is 1.75. The SMILES string of the molecule is Cc1sc(NC(=O)CCc2nc(C(C)C)no2)nc1-c1ccc2c(c1)OCCO2. The van der Waals surface area contributed by atoms with E-state index in [1.165, 1.54) is 11.3 Å². The van der Waals surface area contributed by atoms with Gasteiger partial charge in [-0.1, -0.05) is 19.0 Å². The van der Waals surface area contributed by atoms with E-state index in [9.17, 15) is 4.79 Å². The minimum atomic E-state index is -0.142. The number of nitrogens with one attached hydrogen (secondary N) is 1. The minimum absolute atomic E-state index is 0.142. The molecule has 1 aliphatic heterocycles. The molecule has 4 rings (SSSR count). The lowest BCUT2D eigenvalue weighted by atomic mass is 10.1. The maximum Gasteiger partial charge on any atom is 0.227 e. The molecular formula is C20H22N4O4S. The summed E-state index contributed by atoms with van der Waals surface area (Å²) in [6.45, 7) is 7.05. The summed E-state index contributed by atoms with van der Waals surface area (Å²) in [5, 5.41) is 7.33. The number of anilines is 1. The standard InChI is InChI=1S/C20H22N4O4S/c1-11(2)19-22-17(28-24-19)7-6-16(25)21-20-23-18(12(3)29-20)13-4-5-14-15(10-13)27-9-8-26-14/h4-5,10-11H,6-9H2,1-3H3,(H,21,23,25). The highest BCUT2D eigenvalue weighted by molar-refractivity contribution is 7.16. The van der Waals surface area contributed by atoms with Gasteiger partial charge in [-0.05, 0) is 25.1 Å². The summed E-state index contributed by atoms with van der Waals surface area (Å²) < 4.78 is 16.4. The maximum absolute atomic E-state index is 12.3. The van der Waals surface area contributed by atoms with E-state index in [0.29, 0.717) is 42.2 Å². The summed E-state index contributed by atoms with van der Waals surface area (Å²) in [4.78, 5) is 22.2. The number of carbonyl (C=O) groups is 1. The molecule has 1 N–H and O–H groups in total. The summed E-state index contributed by atoms with van der Waals surface area (Å²) in [7, 11) is 0. The summed E-state index contributed by atoms with van der Waals surface area (Å²) in [6.07, 6.45) is 0.642. The number of nitrogens with zero attached hydrogens (tertiary/aromatic N) is 3. The Morgan fingerprint density at radius 2 is 2.00 bits per heavy atom. The molecule has 1 amide bonds. The number of rotatable bonds is 6. The van der Waals surface area contributed by atoms with Crippen molar-refractivity contribution in [3.8, 4) is 22.8 Å². The molecular weight excluding hydrogens is 392 g/mol. The second kappa shape index (κ2) is 8.20. The Balaban J connectivity index is 1.40. The third-order valence-corrected chi connectivity index (χ3v) is 5.31. The molecule has 0 atom stereocenters. The first-order valence-electron chi connectivity index (χ1n) is 9.49. The van der Waals surface area contributed by atoms with Crippen LogP contribution >= 0.6 is 11.3 Å². The van der Waals surface area contributed by atoms with Crippen LogP contribution in [0.3, 0.4) is 0 Å². The third kappa shape index (κ3) is 4.40. The number of thiazole rings is 1. The highest BCUT2D eigenvalue weighted by atomic mass is 32.1. The van der Waals surface area contributed by atoms with Crippen LogP contribution in [0.25, 0.3) is 11.3 Å². The first kappa shape index (κ1) is 19.4. The van der Waals surface area contributed by atoms with Gasteiger partial charge in [-0.3, -0.25) is 4.79 Å². The second-order valence-electron chi connectivity index (χ2n) is 7.03. The topological polar surface area (TPSA) is 99.4 Å². The van der Waals surface area contributed by atoms with Crippen molar-refractivity contribution >= 4 is 22.4 Å². The van der Waals surface area contributed by atoms with Crippen molar-refractivity contribution in [3.63, 3.8) is 0 Å². The molecule has 3 aromatic rings. The predicted molar refractivity (Wildman–Crippen MR) is 109 cm³/mol. The molecule has 0 spiro atoms. The lowest BCUT2D eigenvalue weighted by Gasteiger charge is -2.18. The third-order valence-electron chi connectivity index (χ3n) is 4.42. The minimum Gasteiger partial charge on any atom is -0.486 e. The lowest BCUT2D eigenvalue weighted by Crippen LogP contribution is -2.15. The van der Waals surface area contributed by atoms with Gasteiger partial charge in [0.05, 0.1) is 5.69 Å². The van der Waals surface area contributed by atoms with Crippen molar-refractivity contribution in [2.45, 2.75) is 39.5 Å². The molecule has 2 aromatic heterocycles. The van der Waals surface area contributed by atoms with Crippen LogP contribution in [0.1, 0.15) is 42.8 Å². The molecule has 1 aliphatic rings. The smallest absolute Gasteiger partial charge is 0.227 e. The maximum atomic E-state index is 12.3. The van der Waals surface area contributed by atoms with E-state index in [1.54, 1.807) is 0 Å². The van der Waals surface area contributed by atoms with E-state index < -0.39 is 0 Å². The quantitative estimate of drug-likeness (QED) is 0.651. The second-order valence-corrected chi connectivity index (χ2v) is 8.23. The molecule has 0 saturated carbocycles. The van der Waals surface area contributed by atoms with Crippen molar-refractivity contribution < 1.29 is 18.8 Å². The van der Waals surface area contributed by atoms with E-state index >= 15 is 0 Å². The predicted octanol–water partition coefficient (Wildman–Crippen LogP) is 3.97. The van der Waals surface area contributed by atoms with Crippen molar-refractivity contribution in [2.75, 3.05) is 18.5 Å². The van der Waals surface area contributed by atoms with Gasteiger partial charge in [0.25, 0.3) is 0 Å². The zero-order chi connectivity index (χ0) is 20.4. The van der Waals surface area contributed by atoms with Crippen LogP contribution in [-0.4, -0.2) is 34.2 Å². The van der Waals surface area contributed by atoms with Crippen LogP contribution in [0.5, 0.6) is 11.5 Å². The summed E-state index contributed by atoms with van der Waals surface area (Å²) in [6, 6.07) is 5.75. The first-order valence-corrected chi connectivity index (χ1v) is 10.3. The molecule has 0 bridgehead atoms. The summed E-state index contributed by atoms with van der Waals surface area (Å²) in [5.74, 6) is 2.63. The number of amides is 1. The van der Waals surface area contributed by atoms with Gasteiger partial charge < -0.3 is 19.3 Å². The molecule has 0 fully saturated rings. The molecule has 0 unspecified atom stereocenters. The number of ether oxygens (including phenoxy) is 2. The number of hydrogen-bond acceptors (Lipinski definition) is 8. The van der Waals surface area contributed by atoms with Crippen LogP contribution in [-0.2, 0) is 11.2 Å². The monoisotopic (exact) mass is 414 g/mol. The normalized spacial score (nSPS) is 13.0. The van der Waals surface area contributed by atoms with Crippen molar-refractivity contribution in [1.82, 2.24) is 15.1 Å². The highest BCUT2D eigenvalue weighted by Crippen LogP contribution is 2.37. The molecule has 3 heterocycles. The van der Waals surface area contributed by atoms with Gasteiger partial charge >= 0.3 is 0 Å². The van der Waals surface area contributed by atoms with E-state index in [0.717, 1.165) is 21.9 Å². The zero-order valence-electron chi connectivity index (χ0n) is 16.5. The number of benzene rings is 1. The Hall–Kier alpha value is -2.94. The Bertz CT molecular complexity index is 1030. The van der Waals surface area contributed by atoms with Crippen molar-refractivity contribution in [1.29, 1.82) is 0 Å². The van der Waals surface area contributed by atoms with Gasteiger partial charge in [-0.2, -0.15) is 4.98 Å². The van der Waals surface area contributed by atoms with E-state index in [1.807, 2.05) is 39.0 Å². The van der Waals surface area contributed by atoms with Gasteiger partial charge in [0.1, 0.15) is 13.2 Å². The number of aryl methyl sites for hydroxylation is 2. The highest BCUT2D eigenvalue weighted by Gasteiger charge is 2.17. The lowest BCUT2D eigenvalue weighted by molar-refractivity contribution is -0.116. The average molecular weight is 414 g/mol. The van der Waals surface area contributed by atoms with Crippen molar-refractivity contribution in [2.24, 2.45) is 0 Å². The molecule has 8 nitrogen and oxygen atoms in total. The molecule has 29 heavy (non-hydrogen) atoms. The number of carbonyl (C=O) groups excluding carboxylic acids is 1. The molecule has 152 valence electrons. The van der Waals surface area contributed by atoms with Gasteiger partial charge in [0, 0.05) is 29.2 Å². The van der Waals surface area contributed by atoms with Crippen LogP contribution in [0.4, 0.5) is 5.13 Å². The van der Waals surface area contributed by atoms with E-state index in [2.05, 4.69) is 20.4 Å². The fourth-order valence-corrected chi connectivity index (χ4v) is 3.77. The first-order chi connectivity index (χ1) is 14.0. The van der Waals surface area contributed by atoms with E-state index in [-0.39, 0.29) is 18.2 Å². The number of hydrogen-bond donors (Lipinski definition) is 1. The average Bonchev–Trinajstić information content (AvgIpc) is 3.33. The fraction of sp³-hybridized carbons (Fsp3) is 0.400. The zero-order valence-corrected chi connectivity index (χ0v) is 17.3. The Morgan fingerprint density at radius 1 is 1.21 bits per heavy atom. The van der Waals surface area contributed by atoms with Crippen LogP contribution in [0.2, 0.25) is 0 Å². The van der Waals surface area contributed by atoms with Crippen LogP contribution in [0.15, 0.2) is 22.7 Å². The van der Waals surface area contributed by atoms with Crippen LogP contribution < -0.4 is 14.8 Å². The molecule has 0 saturated heterocycles. The Kier molecular flexibility index (Phi) is 5.48. The van der Waals surface area contributed by atoms with Gasteiger partial charge in [0.2, 0.25) is 11.8 Å². The van der Waals surface area contributed by atoms with E-state index in [4.69, 9.17) is 14.0 Å².